The molecule has 1 atom stereocenters. The summed E-state index contributed by atoms with van der Waals surface area (Å²) in [5.41, 5.74) is 0.990. The highest BCUT2D eigenvalue weighted by molar-refractivity contribution is 14.0. The van der Waals surface area contributed by atoms with E-state index < -0.39 is 0 Å². The molecule has 6 nitrogen and oxygen atoms in total. The predicted molar refractivity (Wildman–Crippen MR) is 137 cm³/mol. The largest absolute Gasteiger partial charge is 0.468 e. The standard InChI is InChI=1S/C24H31N5O.HI/c1-2-25-24(27-17-21-20-10-5-4-9-19(20)12-13-26-21)28-18-22(23-11-8-16-30-23)29-14-6-3-7-15-29;/h4-5,8-13,16,22H,2-3,6-7,14-15,17-18H2,1H3,(H2,25,27,28);1H. The monoisotopic (exact) mass is 533 g/mol. The van der Waals surface area contributed by atoms with Gasteiger partial charge in [0.15, 0.2) is 5.96 Å². The summed E-state index contributed by atoms with van der Waals surface area (Å²) in [6, 6.07) is 14.6. The number of likely N-dealkylation sites (tertiary alicyclic amines) is 1. The van der Waals surface area contributed by atoms with Crippen LogP contribution in [0.2, 0.25) is 0 Å². The lowest BCUT2D eigenvalue weighted by atomic mass is 10.1. The summed E-state index contributed by atoms with van der Waals surface area (Å²) in [6.45, 7) is 6.40. The van der Waals surface area contributed by atoms with Gasteiger partial charge in [0.1, 0.15) is 5.76 Å². The van der Waals surface area contributed by atoms with Crippen molar-refractivity contribution < 1.29 is 4.42 Å². The van der Waals surface area contributed by atoms with E-state index in [4.69, 9.17) is 9.41 Å². The van der Waals surface area contributed by atoms with Gasteiger partial charge in [-0.05, 0) is 56.4 Å². The lowest BCUT2D eigenvalue weighted by molar-refractivity contribution is 0.146. The number of fused-ring (bicyclic) bond motifs is 1. The van der Waals surface area contributed by atoms with E-state index in [1.54, 1.807) is 6.26 Å². The van der Waals surface area contributed by atoms with Gasteiger partial charge in [-0.15, -0.1) is 24.0 Å². The van der Waals surface area contributed by atoms with Crippen LogP contribution in [0.25, 0.3) is 10.8 Å². The number of aliphatic imine (C=N–C) groups is 1. The molecular weight excluding hydrogens is 501 g/mol. The Balaban J connectivity index is 0.00000272. The number of halogens is 1. The van der Waals surface area contributed by atoms with Crippen molar-refractivity contribution in [2.45, 2.75) is 38.8 Å². The summed E-state index contributed by atoms with van der Waals surface area (Å²) in [7, 11) is 0. The Labute approximate surface area is 201 Å². The molecule has 0 amide bonds. The number of piperidine rings is 1. The van der Waals surface area contributed by atoms with Gasteiger partial charge in [0.2, 0.25) is 0 Å². The van der Waals surface area contributed by atoms with Gasteiger partial charge < -0.3 is 15.1 Å². The van der Waals surface area contributed by atoms with Crippen LogP contribution in [-0.2, 0) is 6.54 Å². The molecule has 166 valence electrons. The minimum absolute atomic E-state index is 0. The van der Waals surface area contributed by atoms with E-state index in [2.05, 4.69) is 51.7 Å². The van der Waals surface area contributed by atoms with Gasteiger partial charge in [0.25, 0.3) is 0 Å². The molecule has 1 aliphatic rings. The third kappa shape index (κ3) is 6.20. The first-order valence-electron chi connectivity index (χ1n) is 11.0. The van der Waals surface area contributed by atoms with E-state index in [1.807, 2.05) is 24.4 Å². The van der Waals surface area contributed by atoms with Crippen LogP contribution in [0.15, 0.2) is 64.3 Å². The van der Waals surface area contributed by atoms with E-state index >= 15 is 0 Å². The second-order valence-electron chi connectivity index (χ2n) is 7.68. The molecule has 2 N–H and O–H groups in total. The number of furan rings is 1. The van der Waals surface area contributed by atoms with Gasteiger partial charge in [-0.25, -0.2) is 4.99 Å². The van der Waals surface area contributed by atoms with E-state index in [1.165, 1.54) is 24.6 Å². The zero-order valence-electron chi connectivity index (χ0n) is 18.1. The summed E-state index contributed by atoms with van der Waals surface area (Å²) >= 11 is 0. The lowest BCUT2D eigenvalue weighted by Crippen LogP contribution is -2.44. The molecule has 1 aliphatic heterocycles. The highest BCUT2D eigenvalue weighted by Gasteiger charge is 2.24. The van der Waals surface area contributed by atoms with Gasteiger partial charge in [-0.1, -0.05) is 30.7 Å². The third-order valence-corrected chi connectivity index (χ3v) is 5.65. The molecular formula is C24H32IN5O. The molecule has 3 aromatic rings. The molecule has 2 aromatic heterocycles. The maximum Gasteiger partial charge on any atom is 0.191 e. The molecule has 4 rings (SSSR count). The highest BCUT2D eigenvalue weighted by atomic mass is 127. The van der Waals surface area contributed by atoms with Gasteiger partial charge in [-0.2, -0.15) is 0 Å². The van der Waals surface area contributed by atoms with Crippen molar-refractivity contribution in [1.82, 2.24) is 20.5 Å². The van der Waals surface area contributed by atoms with E-state index in [-0.39, 0.29) is 30.0 Å². The Bertz CT molecular complexity index is 948. The molecule has 1 aromatic carbocycles. The van der Waals surface area contributed by atoms with Gasteiger partial charge in [0.05, 0.1) is 24.5 Å². The minimum Gasteiger partial charge on any atom is -0.468 e. The highest BCUT2D eigenvalue weighted by Crippen LogP contribution is 2.24. The van der Waals surface area contributed by atoms with Crippen LogP contribution in [0.4, 0.5) is 0 Å². The fourth-order valence-electron chi connectivity index (χ4n) is 4.12. The number of benzene rings is 1. The van der Waals surface area contributed by atoms with Crippen molar-refractivity contribution >= 4 is 40.7 Å². The minimum atomic E-state index is 0. The summed E-state index contributed by atoms with van der Waals surface area (Å²) < 4.78 is 5.77. The normalized spacial score (nSPS) is 16.0. The Morgan fingerprint density at radius 2 is 1.94 bits per heavy atom. The third-order valence-electron chi connectivity index (χ3n) is 5.65. The number of aromatic nitrogens is 1. The zero-order valence-corrected chi connectivity index (χ0v) is 20.4. The van der Waals surface area contributed by atoms with Crippen LogP contribution in [-0.4, -0.2) is 42.0 Å². The number of nitrogens with zero attached hydrogens (tertiary/aromatic N) is 3. The molecule has 1 fully saturated rings. The molecule has 1 unspecified atom stereocenters. The van der Waals surface area contributed by atoms with Gasteiger partial charge >= 0.3 is 0 Å². The number of nitrogens with one attached hydrogen (secondary N) is 2. The first kappa shape index (κ1) is 23.5. The average molecular weight is 533 g/mol. The van der Waals surface area contributed by atoms with E-state index in [9.17, 15) is 0 Å². The van der Waals surface area contributed by atoms with Crippen molar-refractivity contribution in [1.29, 1.82) is 0 Å². The van der Waals surface area contributed by atoms with Crippen LogP contribution in [0.3, 0.4) is 0 Å². The molecule has 7 heteroatoms. The van der Waals surface area contributed by atoms with Crippen LogP contribution in [0.5, 0.6) is 0 Å². The SMILES string of the molecule is CCNC(=NCc1nccc2ccccc12)NCC(c1ccco1)N1CCCCC1.I. The maximum atomic E-state index is 5.77. The predicted octanol–water partition coefficient (Wildman–Crippen LogP) is 4.73. The fraction of sp³-hybridized carbons (Fsp3) is 0.417. The second-order valence-corrected chi connectivity index (χ2v) is 7.68. The van der Waals surface area contributed by atoms with Gasteiger partial charge in [0, 0.05) is 24.7 Å². The van der Waals surface area contributed by atoms with Crippen LogP contribution < -0.4 is 10.6 Å². The van der Waals surface area contributed by atoms with Crippen molar-refractivity contribution in [3.8, 4) is 0 Å². The molecule has 0 saturated carbocycles. The first-order chi connectivity index (χ1) is 14.8. The number of rotatable bonds is 7. The Kier molecular flexibility index (Phi) is 9.14. The van der Waals surface area contributed by atoms with Crippen molar-refractivity contribution in [2.24, 2.45) is 4.99 Å². The van der Waals surface area contributed by atoms with E-state index in [0.29, 0.717) is 6.54 Å². The van der Waals surface area contributed by atoms with Crippen LogP contribution in [0.1, 0.15) is 43.7 Å². The fourth-order valence-corrected chi connectivity index (χ4v) is 4.12. The second kappa shape index (κ2) is 12.0. The number of pyridine rings is 1. The Morgan fingerprint density at radius 1 is 1.10 bits per heavy atom. The van der Waals surface area contributed by atoms with Crippen LogP contribution >= 0.6 is 24.0 Å². The summed E-state index contributed by atoms with van der Waals surface area (Å²) in [5, 5.41) is 9.25. The molecule has 0 bridgehead atoms. The van der Waals surface area contributed by atoms with E-state index in [0.717, 1.165) is 49.0 Å². The summed E-state index contributed by atoms with van der Waals surface area (Å²) in [5.74, 6) is 1.82. The molecule has 0 radical (unpaired) electrons. The Morgan fingerprint density at radius 3 is 2.71 bits per heavy atom. The molecule has 3 heterocycles. The maximum absolute atomic E-state index is 5.77. The average Bonchev–Trinajstić information content (AvgIpc) is 3.33. The summed E-state index contributed by atoms with van der Waals surface area (Å²) in [6.07, 6.45) is 7.43. The van der Waals surface area contributed by atoms with Crippen molar-refractivity contribution in [3.05, 3.63) is 66.4 Å². The number of guanidine groups is 1. The van der Waals surface area contributed by atoms with Crippen molar-refractivity contribution in [2.75, 3.05) is 26.2 Å². The topological polar surface area (TPSA) is 65.7 Å². The molecule has 31 heavy (non-hydrogen) atoms. The van der Waals surface area contributed by atoms with Crippen LogP contribution in [0, 0.1) is 0 Å². The molecule has 0 aliphatic carbocycles. The zero-order chi connectivity index (χ0) is 20.6. The lowest BCUT2D eigenvalue weighted by Gasteiger charge is -2.33. The Hall–Kier alpha value is -2.13. The smallest absolute Gasteiger partial charge is 0.191 e. The number of hydrogen-bond acceptors (Lipinski definition) is 4. The first-order valence-corrected chi connectivity index (χ1v) is 11.0. The molecule has 1 saturated heterocycles. The summed E-state index contributed by atoms with van der Waals surface area (Å²) in [4.78, 5) is 11.9. The van der Waals surface area contributed by atoms with Gasteiger partial charge in [-0.3, -0.25) is 9.88 Å². The number of hydrogen-bond donors (Lipinski definition) is 2. The van der Waals surface area contributed by atoms with Crippen molar-refractivity contribution in [3.63, 3.8) is 0 Å². The quantitative estimate of drug-likeness (QED) is 0.261. The molecule has 0 spiro atoms.